The monoisotopic (exact) mass is 277 g/mol. The zero-order valence-electron chi connectivity index (χ0n) is 11.5. The van der Waals surface area contributed by atoms with Crippen LogP contribution in [0.5, 0.6) is 0 Å². The van der Waals surface area contributed by atoms with E-state index in [1.807, 2.05) is 0 Å². The Bertz CT molecular complexity index is 472. The predicted molar refractivity (Wildman–Crippen MR) is 73.7 cm³/mol. The summed E-state index contributed by atoms with van der Waals surface area (Å²) in [4.78, 5) is 23.4. The fraction of sp³-hybridized carbons (Fsp3) is 0.467. The number of ether oxygens (including phenoxy) is 1. The molecule has 1 atom stereocenters. The molecule has 2 rings (SSSR count). The molecular formula is C15H19NO4. The van der Waals surface area contributed by atoms with Gasteiger partial charge < -0.3 is 14.5 Å². The van der Waals surface area contributed by atoms with Gasteiger partial charge in [-0.05, 0) is 38.0 Å². The number of esters is 1. The summed E-state index contributed by atoms with van der Waals surface area (Å²) >= 11 is 0. The number of nitrogens with one attached hydrogen (secondary N) is 1. The molecule has 0 spiro atoms. The van der Waals surface area contributed by atoms with Crippen LogP contribution in [0, 0.1) is 0 Å². The number of amides is 1. The quantitative estimate of drug-likeness (QED) is 0.662. The van der Waals surface area contributed by atoms with Crippen LogP contribution in [0.3, 0.4) is 0 Å². The first-order valence-corrected chi connectivity index (χ1v) is 6.88. The number of furan rings is 1. The van der Waals surface area contributed by atoms with Gasteiger partial charge in [-0.2, -0.15) is 0 Å². The lowest BCUT2D eigenvalue weighted by Crippen LogP contribution is -2.40. The number of hydrogen-bond donors (Lipinski definition) is 1. The summed E-state index contributed by atoms with van der Waals surface area (Å²) in [5, 5.41) is 2.89. The van der Waals surface area contributed by atoms with Crippen LogP contribution < -0.4 is 5.32 Å². The Morgan fingerprint density at radius 2 is 2.20 bits per heavy atom. The maximum Gasteiger partial charge on any atom is 0.331 e. The van der Waals surface area contributed by atoms with Crippen LogP contribution in [-0.4, -0.2) is 24.0 Å². The summed E-state index contributed by atoms with van der Waals surface area (Å²) in [6, 6.07) is 3.67. The molecule has 0 aliphatic heterocycles. The van der Waals surface area contributed by atoms with Crippen LogP contribution in [0.15, 0.2) is 28.9 Å². The van der Waals surface area contributed by atoms with Crippen molar-refractivity contribution in [2.24, 2.45) is 0 Å². The Morgan fingerprint density at radius 1 is 1.45 bits per heavy atom. The highest BCUT2D eigenvalue weighted by Crippen LogP contribution is 2.17. The zero-order valence-corrected chi connectivity index (χ0v) is 11.5. The van der Waals surface area contributed by atoms with Gasteiger partial charge in [0, 0.05) is 12.1 Å². The lowest BCUT2D eigenvalue weighted by Gasteiger charge is -2.16. The molecule has 108 valence electrons. The van der Waals surface area contributed by atoms with Gasteiger partial charge in [-0.15, -0.1) is 0 Å². The molecule has 1 aromatic heterocycles. The van der Waals surface area contributed by atoms with E-state index in [0.717, 1.165) is 25.7 Å². The van der Waals surface area contributed by atoms with Gasteiger partial charge in [0.15, 0.2) is 6.10 Å². The number of carbonyl (C=O) groups is 2. The molecule has 1 aliphatic carbocycles. The minimum Gasteiger partial charge on any atom is -0.465 e. The third-order valence-electron chi connectivity index (χ3n) is 3.29. The molecule has 20 heavy (non-hydrogen) atoms. The molecule has 1 saturated carbocycles. The van der Waals surface area contributed by atoms with Crippen LogP contribution in [0.4, 0.5) is 0 Å². The molecule has 1 heterocycles. The second kappa shape index (κ2) is 6.93. The van der Waals surface area contributed by atoms with E-state index >= 15 is 0 Å². The molecule has 5 heteroatoms. The Labute approximate surface area is 118 Å². The Hall–Kier alpha value is -2.04. The van der Waals surface area contributed by atoms with Crippen LogP contribution >= 0.6 is 0 Å². The average Bonchev–Trinajstić information content (AvgIpc) is 3.09. The highest BCUT2D eigenvalue weighted by atomic mass is 16.5. The molecule has 1 aliphatic rings. The third-order valence-corrected chi connectivity index (χ3v) is 3.29. The number of carbonyl (C=O) groups excluding carboxylic acids is 2. The summed E-state index contributed by atoms with van der Waals surface area (Å²) in [5.74, 6) is -0.239. The van der Waals surface area contributed by atoms with Crippen LogP contribution in [0.1, 0.15) is 38.4 Å². The summed E-state index contributed by atoms with van der Waals surface area (Å²) in [6.45, 7) is 1.57. The molecule has 0 bridgehead atoms. The van der Waals surface area contributed by atoms with Gasteiger partial charge in [-0.1, -0.05) is 12.8 Å². The van der Waals surface area contributed by atoms with Gasteiger partial charge in [0.1, 0.15) is 5.76 Å². The van der Waals surface area contributed by atoms with E-state index in [2.05, 4.69) is 5.32 Å². The van der Waals surface area contributed by atoms with Crippen molar-refractivity contribution in [1.82, 2.24) is 5.32 Å². The maximum atomic E-state index is 11.8. The standard InChI is InChI=1S/C15H19NO4/c1-11(15(18)16-12-5-2-3-6-12)20-14(17)9-8-13-7-4-10-19-13/h4,7-12H,2-3,5-6H2,1H3,(H,16,18). The molecule has 1 unspecified atom stereocenters. The van der Waals surface area contributed by atoms with Gasteiger partial charge in [-0.25, -0.2) is 4.79 Å². The Balaban J connectivity index is 1.76. The van der Waals surface area contributed by atoms with Crippen molar-refractivity contribution in [3.05, 3.63) is 30.2 Å². The molecule has 0 radical (unpaired) electrons. The van der Waals surface area contributed by atoms with Crippen molar-refractivity contribution >= 4 is 18.0 Å². The summed E-state index contributed by atoms with van der Waals surface area (Å²) in [6.07, 6.45) is 7.78. The van der Waals surface area contributed by atoms with Crippen LogP contribution in [-0.2, 0) is 14.3 Å². The van der Waals surface area contributed by atoms with Gasteiger partial charge in [0.25, 0.3) is 5.91 Å². The lowest BCUT2D eigenvalue weighted by molar-refractivity contribution is -0.150. The number of rotatable bonds is 5. The molecule has 1 aromatic rings. The predicted octanol–water partition coefficient (Wildman–Crippen LogP) is 2.28. The first-order chi connectivity index (χ1) is 9.65. The van der Waals surface area contributed by atoms with Crippen LogP contribution in [0.2, 0.25) is 0 Å². The molecule has 1 amide bonds. The van der Waals surface area contributed by atoms with E-state index in [0.29, 0.717) is 5.76 Å². The highest BCUT2D eigenvalue weighted by Gasteiger charge is 2.22. The lowest BCUT2D eigenvalue weighted by atomic mass is 10.2. The number of hydrogen-bond acceptors (Lipinski definition) is 4. The van der Waals surface area contributed by atoms with Crippen molar-refractivity contribution < 1.29 is 18.7 Å². The van der Waals surface area contributed by atoms with Crippen molar-refractivity contribution in [2.75, 3.05) is 0 Å². The minimum absolute atomic E-state index is 0.224. The van der Waals surface area contributed by atoms with Crippen molar-refractivity contribution in [3.63, 3.8) is 0 Å². The van der Waals surface area contributed by atoms with Gasteiger partial charge in [-0.3, -0.25) is 4.79 Å². The molecule has 1 fully saturated rings. The highest BCUT2D eigenvalue weighted by molar-refractivity contribution is 5.90. The largest absolute Gasteiger partial charge is 0.465 e. The van der Waals surface area contributed by atoms with E-state index in [4.69, 9.17) is 9.15 Å². The van der Waals surface area contributed by atoms with Crippen LogP contribution in [0.25, 0.3) is 6.08 Å². The Morgan fingerprint density at radius 3 is 2.85 bits per heavy atom. The van der Waals surface area contributed by atoms with Crippen molar-refractivity contribution in [1.29, 1.82) is 0 Å². The first-order valence-electron chi connectivity index (χ1n) is 6.88. The molecular weight excluding hydrogens is 258 g/mol. The van der Waals surface area contributed by atoms with Gasteiger partial charge >= 0.3 is 5.97 Å². The minimum atomic E-state index is -0.788. The van der Waals surface area contributed by atoms with E-state index in [9.17, 15) is 9.59 Å². The van der Waals surface area contributed by atoms with Crippen molar-refractivity contribution in [2.45, 2.75) is 44.8 Å². The van der Waals surface area contributed by atoms with E-state index in [1.165, 1.54) is 18.4 Å². The molecule has 0 aromatic carbocycles. The molecule has 1 N–H and O–H groups in total. The summed E-state index contributed by atoms with van der Waals surface area (Å²) < 4.78 is 10.1. The average molecular weight is 277 g/mol. The second-order valence-electron chi connectivity index (χ2n) is 4.92. The summed E-state index contributed by atoms with van der Waals surface area (Å²) in [5.41, 5.74) is 0. The fourth-order valence-electron chi connectivity index (χ4n) is 2.19. The smallest absolute Gasteiger partial charge is 0.331 e. The van der Waals surface area contributed by atoms with E-state index in [-0.39, 0.29) is 11.9 Å². The van der Waals surface area contributed by atoms with Gasteiger partial charge in [0.2, 0.25) is 0 Å². The SMILES string of the molecule is CC(OC(=O)C=Cc1ccco1)C(=O)NC1CCCC1. The molecule has 5 nitrogen and oxygen atoms in total. The maximum absolute atomic E-state index is 11.8. The van der Waals surface area contributed by atoms with Gasteiger partial charge in [0.05, 0.1) is 6.26 Å². The zero-order chi connectivity index (χ0) is 14.4. The fourth-order valence-corrected chi connectivity index (χ4v) is 2.19. The Kier molecular flexibility index (Phi) is 4.98. The van der Waals surface area contributed by atoms with E-state index < -0.39 is 12.1 Å². The third kappa shape index (κ3) is 4.26. The van der Waals surface area contributed by atoms with E-state index in [1.54, 1.807) is 19.1 Å². The summed E-state index contributed by atoms with van der Waals surface area (Å²) in [7, 11) is 0. The normalized spacial score (nSPS) is 17.2. The topological polar surface area (TPSA) is 68.5 Å². The van der Waals surface area contributed by atoms with Crippen molar-refractivity contribution in [3.8, 4) is 0 Å². The second-order valence-corrected chi connectivity index (χ2v) is 4.92. The molecule has 0 saturated heterocycles. The first kappa shape index (κ1) is 14.4.